The predicted molar refractivity (Wildman–Crippen MR) is 103 cm³/mol. The van der Waals surface area contributed by atoms with Crippen LogP contribution in [0.5, 0.6) is 0 Å². The van der Waals surface area contributed by atoms with Crippen LogP contribution >= 0.6 is 11.3 Å². The number of nitro groups is 1. The minimum Gasteiger partial charge on any atom is -0.451 e. The number of anilines is 1. The van der Waals surface area contributed by atoms with Crippen molar-refractivity contribution in [1.82, 2.24) is 0 Å². The van der Waals surface area contributed by atoms with Gasteiger partial charge in [0.25, 0.3) is 11.6 Å². The van der Waals surface area contributed by atoms with Gasteiger partial charge in [-0.1, -0.05) is 30.3 Å². The molecule has 0 unspecified atom stereocenters. The maximum absolute atomic E-state index is 12.3. The van der Waals surface area contributed by atoms with Crippen LogP contribution in [0.3, 0.4) is 0 Å². The first kappa shape index (κ1) is 18.5. The first-order chi connectivity index (χ1) is 12.9. The van der Waals surface area contributed by atoms with Crippen molar-refractivity contribution >= 4 is 44.7 Å². The summed E-state index contributed by atoms with van der Waals surface area (Å²) in [6, 6.07) is 12.1. The number of rotatable bonds is 5. The summed E-state index contributed by atoms with van der Waals surface area (Å²) in [6.07, 6.45) is 0. The van der Waals surface area contributed by atoms with Crippen LogP contribution in [0.15, 0.2) is 42.5 Å². The van der Waals surface area contributed by atoms with E-state index in [0.29, 0.717) is 10.4 Å². The Hall–Kier alpha value is -3.26. The van der Waals surface area contributed by atoms with Crippen molar-refractivity contribution < 1.29 is 19.2 Å². The highest BCUT2D eigenvalue weighted by atomic mass is 32.1. The van der Waals surface area contributed by atoms with E-state index < -0.39 is 23.4 Å². The fourth-order valence-electron chi connectivity index (χ4n) is 2.71. The number of ether oxygens (including phenoxy) is 1. The number of amides is 1. The summed E-state index contributed by atoms with van der Waals surface area (Å²) < 4.78 is 6.06. The SMILES string of the molecule is Cc1cccc([N+](=O)[O-])c1NC(=O)COC(=O)c1sc2ccccc2c1C. The molecule has 1 aromatic heterocycles. The number of nitrogens with zero attached hydrogens (tertiary/aromatic N) is 1. The van der Waals surface area contributed by atoms with E-state index in [1.165, 1.54) is 23.5 Å². The maximum atomic E-state index is 12.3. The molecule has 0 radical (unpaired) electrons. The molecule has 1 N–H and O–H groups in total. The molecule has 138 valence electrons. The molecule has 0 saturated carbocycles. The van der Waals surface area contributed by atoms with Crippen LogP contribution < -0.4 is 5.32 Å². The van der Waals surface area contributed by atoms with E-state index >= 15 is 0 Å². The number of hydrogen-bond donors (Lipinski definition) is 1. The topological polar surface area (TPSA) is 98.5 Å². The molecule has 8 heteroatoms. The zero-order valence-electron chi connectivity index (χ0n) is 14.6. The third-order valence-corrected chi connectivity index (χ3v) is 5.33. The summed E-state index contributed by atoms with van der Waals surface area (Å²) in [5.74, 6) is -1.23. The van der Waals surface area contributed by atoms with Crippen molar-refractivity contribution in [2.75, 3.05) is 11.9 Å². The van der Waals surface area contributed by atoms with Crippen molar-refractivity contribution in [2.24, 2.45) is 0 Å². The predicted octanol–water partition coefficient (Wildman–Crippen LogP) is 4.22. The molecule has 0 spiro atoms. The summed E-state index contributed by atoms with van der Waals surface area (Å²) in [5.41, 5.74) is 1.23. The molecule has 7 nitrogen and oxygen atoms in total. The number of esters is 1. The Labute approximate surface area is 158 Å². The molecular formula is C19H16N2O5S. The molecule has 3 aromatic rings. The number of benzene rings is 2. The minimum absolute atomic E-state index is 0.0987. The Morgan fingerprint density at radius 3 is 2.59 bits per heavy atom. The lowest BCUT2D eigenvalue weighted by molar-refractivity contribution is -0.384. The van der Waals surface area contributed by atoms with Crippen molar-refractivity contribution in [3.63, 3.8) is 0 Å². The standard InChI is InChI=1S/C19H16N2O5S/c1-11-6-5-8-14(21(24)25)17(11)20-16(22)10-26-19(23)18-12(2)13-7-3-4-9-15(13)27-18/h3-9H,10H2,1-2H3,(H,20,22). The lowest BCUT2D eigenvalue weighted by atomic mass is 10.1. The number of carbonyl (C=O) groups excluding carboxylic acids is 2. The smallest absolute Gasteiger partial charge is 0.349 e. The van der Waals surface area contributed by atoms with Crippen molar-refractivity contribution in [2.45, 2.75) is 13.8 Å². The number of thiophene rings is 1. The first-order valence-electron chi connectivity index (χ1n) is 8.07. The van der Waals surface area contributed by atoms with Gasteiger partial charge in [0, 0.05) is 10.8 Å². The van der Waals surface area contributed by atoms with Gasteiger partial charge in [0.2, 0.25) is 0 Å². The van der Waals surface area contributed by atoms with Crippen molar-refractivity contribution in [1.29, 1.82) is 0 Å². The van der Waals surface area contributed by atoms with Gasteiger partial charge in [-0.3, -0.25) is 14.9 Å². The Kier molecular flexibility index (Phi) is 5.18. The third-order valence-electron chi connectivity index (χ3n) is 4.08. The number of fused-ring (bicyclic) bond motifs is 1. The molecule has 27 heavy (non-hydrogen) atoms. The molecule has 0 aliphatic heterocycles. The van der Waals surface area contributed by atoms with E-state index in [4.69, 9.17) is 4.74 Å². The number of carbonyl (C=O) groups is 2. The van der Waals surface area contributed by atoms with E-state index in [0.717, 1.165) is 15.6 Å². The molecule has 0 saturated heterocycles. The molecule has 0 aliphatic rings. The molecule has 0 atom stereocenters. The molecular weight excluding hydrogens is 368 g/mol. The van der Waals surface area contributed by atoms with Gasteiger partial charge in [-0.15, -0.1) is 11.3 Å². The minimum atomic E-state index is -0.639. The van der Waals surface area contributed by atoms with Gasteiger partial charge in [0.15, 0.2) is 6.61 Å². The lowest BCUT2D eigenvalue weighted by Gasteiger charge is -2.09. The molecule has 2 aromatic carbocycles. The largest absolute Gasteiger partial charge is 0.451 e. The summed E-state index contributed by atoms with van der Waals surface area (Å²) in [7, 11) is 0. The van der Waals surface area contributed by atoms with E-state index in [9.17, 15) is 19.7 Å². The van der Waals surface area contributed by atoms with Crippen molar-refractivity contribution in [3.8, 4) is 0 Å². The van der Waals surface area contributed by atoms with Crippen LogP contribution in [-0.4, -0.2) is 23.4 Å². The normalized spacial score (nSPS) is 10.6. The number of para-hydroxylation sites is 1. The van der Waals surface area contributed by atoms with Gasteiger partial charge in [0.1, 0.15) is 10.6 Å². The quantitative estimate of drug-likeness (QED) is 0.403. The second-order valence-electron chi connectivity index (χ2n) is 5.90. The summed E-state index contributed by atoms with van der Waals surface area (Å²) >= 11 is 1.30. The second kappa shape index (κ2) is 7.55. The average molecular weight is 384 g/mol. The van der Waals surface area contributed by atoms with Crippen LogP contribution in [0.2, 0.25) is 0 Å². The highest BCUT2D eigenvalue weighted by molar-refractivity contribution is 7.21. The van der Waals surface area contributed by atoms with Gasteiger partial charge < -0.3 is 10.1 Å². The molecule has 3 rings (SSSR count). The number of aryl methyl sites for hydroxylation is 2. The third kappa shape index (κ3) is 3.80. The summed E-state index contributed by atoms with van der Waals surface area (Å²) in [5, 5.41) is 14.5. The Balaban J connectivity index is 1.70. The molecule has 1 heterocycles. The van der Waals surface area contributed by atoms with E-state index in [-0.39, 0.29) is 11.4 Å². The zero-order valence-corrected chi connectivity index (χ0v) is 15.5. The van der Waals surface area contributed by atoms with Gasteiger partial charge in [-0.25, -0.2) is 4.79 Å². The molecule has 1 amide bonds. The Bertz CT molecular complexity index is 1060. The first-order valence-corrected chi connectivity index (χ1v) is 8.89. The van der Waals surface area contributed by atoms with E-state index in [1.54, 1.807) is 13.0 Å². The van der Waals surface area contributed by atoms with Gasteiger partial charge in [-0.05, 0) is 36.4 Å². The van der Waals surface area contributed by atoms with E-state index in [2.05, 4.69) is 5.32 Å². The second-order valence-corrected chi connectivity index (χ2v) is 6.95. The molecule has 0 fully saturated rings. The van der Waals surface area contributed by atoms with Crippen molar-refractivity contribution in [3.05, 3.63) is 68.6 Å². The highest BCUT2D eigenvalue weighted by Gasteiger charge is 2.20. The summed E-state index contributed by atoms with van der Waals surface area (Å²) in [4.78, 5) is 35.4. The fraction of sp³-hybridized carbons (Fsp3) is 0.158. The van der Waals surface area contributed by atoms with Crippen LogP contribution in [0, 0.1) is 24.0 Å². The van der Waals surface area contributed by atoms with Crippen LogP contribution in [0.25, 0.3) is 10.1 Å². The van der Waals surface area contributed by atoms with Gasteiger partial charge >= 0.3 is 5.97 Å². The zero-order chi connectivity index (χ0) is 19.6. The van der Waals surface area contributed by atoms with Gasteiger partial charge in [-0.2, -0.15) is 0 Å². The van der Waals surface area contributed by atoms with E-state index in [1.807, 2.05) is 31.2 Å². The van der Waals surface area contributed by atoms with Crippen LogP contribution in [0.4, 0.5) is 11.4 Å². The maximum Gasteiger partial charge on any atom is 0.349 e. The van der Waals surface area contributed by atoms with Crippen LogP contribution in [-0.2, 0) is 9.53 Å². The van der Waals surface area contributed by atoms with Gasteiger partial charge in [0.05, 0.1) is 4.92 Å². The number of nitro benzene ring substituents is 1. The molecule has 0 bridgehead atoms. The molecule has 0 aliphatic carbocycles. The number of hydrogen-bond acceptors (Lipinski definition) is 6. The average Bonchev–Trinajstić information content (AvgIpc) is 2.98. The Morgan fingerprint density at radius 2 is 1.89 bits per heavy atom. The monoisotopic (exact) mass is 384 g/mol. The lowest BCUT2D eigenvalue weighted by Crippen LogP contribution is -2.21. The summed E-state index contributed by atoms with van der Waals surface area (Å²) in [6.45, 7) is 2.94. The van der Waals surface area contributed by atoms with Crippen LogP contribution in [0.1, 0.15) is 20.8 Å². The number of nitrogens with one attached hydrogen (secondary N) is 1. The fourth-order valence-corrected chi connectivity index (χ4v) is 3.81. The Morgan fingerprint density at radius 1 is 1.15 bits per heavy atom. The highest BCUT2D eigenvalue weighted by Crippen LogP contribution is 2.31.